The minimum atomic E-state index is -1.16. The van der Waals surface area contributed by atoms with Gasteiger partial charge in [0.05, 0.1) is 18.4 Å². The molecule has 2 fully saturated rings. The lowest BCUT2D eigenvalue weighted by molar-refractivity contribution is -0.122. The minimum absolute atomic E-state index is 0.0569. The van der Waals surface area contributed by atoms with Gasteiger partial charge in [-0.05, 0) is 18.9 Å². The molecule has 3 aromatic heterocycles. The quantitative estimate of drug-likeness (QED) is 0.430. The predicted octanol–water partition coefficient (Wildman–Crippen LogP) is 2.01. The molecule has 5 heterocycles. The molecule has 0 aliphatic carbocycles. The van der Waals surface area contributed by atoms with Crippen LogP contribution < -0.4 is 10.2 Å². The highest BCUT2D eigenvalue weighted by Gasteiger charge is 2.43. The van der Waals surface area contributed by atoms with Crippen molar-refractivity contribution in [3.63, 3.8) is 0 Å². The topological polar surface area (TPSA) is 103 Å². The number of nitrogens with one attached hydrogen (secondary N) is 1. The van der Waals surface area contributed by atoms with E-state index in [0.29, 0.717) is 25.8 Å². The number of carbonyl (C=O) groups excluding carboxylic acids is 1. The first-order chi connectivity index (χ1) is 15.3. The summed E-state index contributed by atoms with van der Waals surface area (Å²) in [5, 5.41) is 12.1. The largest absolute Gasteiger partial charge is 0.360 e. The minimum Gasteiger partial charge on any atom is -0.360 e. The van der Waals surface area contributed by atoms with E-state index in [-0.39, 0.29) is 18.0 Å². The summed E-state index contributed by atoms with van der Waals surface area (Å²) < 4.78 is 9.53. The van der Waals surface area contributed by atoms with Gasteiger partial charge in [-0.2, -0.15) is 10.2 Å². The van der Waals surface area contributed by atoms with Gasteiger partial charge in [-0.1, -0.05) is 19.6 Å². The summed E-state index contributed by atoms with van der Waals surface area (Å²) in [5.74, 6) is 0.644. The number of aromatic nitrogens is 6. The Morgan fingerprint density at radius 3 is 2.84 bits per heavy atom. The molecule has 10 nitrogen and oxygen atoms in total. The summed E-state index contributed by atoms with van der Waals surface area (Å²) in [7, 11) is 0.720. The van der Waals surface area contributed by atoms with Crippen LogP contribution in [0.3, 0.4) is 0 Å². The van der Waals surface area contributed by atoms with E-state index >= 15 is 0 Å². The molecule has 2 atom stereocenters. The van der Waals surface area contributed by atoms with Gasteiger partial charge in [0.25, 0.3) is 0 Å². The molecule has 11 heteroatoms. The highest BCUT2D eigenvalue weighted by molar-refractivity contribution is 6.76. The smallest absolute Gasteiger partial charge is 0.242 e. The molecule has 1 amide bonds. The van der Waals surface area contributed by atoms with Crippen molar-refractivity contribution < 1.29 is 9.53 Å². The highest BCUT2D eigenvalue weighted by atomic mass is 28.3. The Morgan fingerprint density at radius 2 is 2.09 bits per heavy atom. The predicted molar refractivity (Wildman–Crippen MR) is 124 cm³/mol. The lowest BCUT2D eigenvalue weighted by atomic mass is 10.2. The summed E-state index contributed by atoms with van der Waals surface area (Å²) in [6, 6.07) is 1.13. The third-order valence-corrected chi connectivity index (χ3v) is 7.92. The van der Waals surface area contributed by atoms with E-state index in [1.54, 1.807) is 17.1 Å². The second kappa shape index (κ2) is 7.96. The van der Waals surface area contributed by atoms with Crippen LogP contribution in [0.25, 0.3) is 22.3 Å². The molecule has 32 heavy (non-hydrogen) atoms. The van der Waals surface area contributed by atoms with Gasteiger partial charge in [-0.15, -0.1) is 0 Å². The molecule has 170 valence electrons. The average molecular weight is 455 g/mol. The molecule has 3 aromatic rings. The number of hydrogen-bond donors (Lipinski definition) is 1. The molecule has 0 saturated carbocycles. The first-order valence-electron chi connectivity index (χ1n) is 11.2. The van der Waals surface area contributed by atoms with Crippen LogP contribution in [0.1, 0.15) is 12.8 Å². The van der Waals surface area contributed by atoms with Gasteiger partial charge < -0.3 is 15.0 Å². The molecule has 2 unspecified atom stereocenters. The van der Waals surface area contributed by atoms with Gasteiger partial charge in [0.15, 0.2) is 0 Å². The molecule has 2 bridgehead atoms. The molecule has 0 radical (unpaired) electrons. The zero-order chi connectivity index (χ0) is 22.5. The number of fused-ring (bicyclic) bond motifs is 3. The van der Waals surface area contributed by atoms with Crippen LogP contribution in [0.4, 0.5) is 5.95 Å². The Kier molecular flexibility index (Phi) is 5.24. The summed E-state index contributed by atoms with van der Waals surface area (Å²) in [5.41, 5.74) is 3.21. The monoisotopic (exact) mass is 454 g/mol. The van der Waals surface area contributed by atoms with Crippen LogP contribution in [-0.2, 0) is 23.3 Å². The van der Waals surface area contributed by atoms with Crippen molar-refractivity contribution in [2.24, 2.45) is 7.05 Å². The number of nitrogens with zero attached hydrogens (tertiary/aromatic N) is 7. The zero-order valence-corrected chi connectivity index (χ0v) is 20.1. The van der Waals surface area contributed by atoms with Crippen molar-refractivity contribution in [2.75, 3.05) is 18.1 Å². The molecule has 2 aliphatic rings. The van der Waals surface area contributed by atoms with E-state index in [1.165, 1.54) is 0 Å². The van der Waals surface area contributed by atoms with Crippen LogP contribution in [-0.4, -0.2) is 68.7 Å². The van der Waals surface area contributed by atoms with Crippen molar-refractivity contribution in [1.29, 1.82) is 0 Å². The van der Waals surface area contributed by atoms with E-state index in [1.807, 2.05) is 17.9 Å². The van der Waals surface area contributed by atoms with Crippen LogP contribution in [0.2, 0.25) is 25.7 Å². The van der Waals surface area contributed by atoms with E-state index in [9.17, 15) is 4.79 Å². The van der Waals surface area contributed by atoms with Gasteiger partial charge >= 0.3 is 0 Å². The second-order valence-electron chi connectivity index (χ2n) is 9.90. The van der Waals surface area contributed by atoms with Crippen LogP contribution in [0.15, 0.2) is 18.6 Å². The first kappa shape index (κ1) is 21.1. The highest BCUT2D eigenvalue weighted by Crippen LogP contribution is 2.33. The summed E-state index contributed by atoms with van der Waals surface area (Å²) >= 11 is 0. The summed E-state index contributed by atoms with van der Waals surface area (Å²) in [6.07, 6.45) is 7.32. The van der Waals surface area contributed by atoms with Gasteiger partial charge in [-0.25, -0.2) is 14.6 Å². The van der Waals surface area contributed by atoms with Crippen molar-refractivity contribution in [3.8, 4) is 11.3 Å². The third-order valence-electron chi connectivity index (χ3n) is 6.22. The zero-order valence-electron chi connectivity index (χ0n) is 19.1. The number of hydrogen-bond acceptors (Lipinski definition) is 7. The number of ether oxygens (including phenoxy) is 1. The molecule has 0 spiro atoms. The fourth-order valence-corrected chi connectivity index (χ4v) is 5.18. The Morgan fingerprint density at radius 1 is 1.25 bits per heavy atom. The third kappa shape index (κ3) is 3.90. The van der Waals surface area contributed by atoms with Crippen molar-refractivity contribution >= 4 is 31.0 Å². The molecule has 2 saturated heterocycles. The maximum absolute atomic E-state index is 12.4. The number of carbonyl (C=O) groups is 1. The van der Waals surface area contributed by atoms with Crippen LogP contribution in [0, 0.1) is 0 Å². The van der Waals surface area contributed by atoms with Gasteiger partial charge in [0, 0.05) is 40.0 Å². The number of aryl methyl sites for hydroxylation is 1. The number of piperazine rings is 1. The van der Waals surface area contributed by atoms with Gasteiger partial charge in [-0.3, -0.25) is 9.48 Å². The van der Waals surface area contributed by atoms with E-state index < -0.39 is 8.07 Å². The summed E-state index contributed by atoms with van der Waals surface area (Å²) in [6.45, 7) is 8.71. The van der Waals surface area contributed by atoms with E-state index in [2.05, 4.69) is 39.9 Å². The SMILES string of the molecule is Cn1cc(-c2nn(COCC[Si](C)(C)C)c3cnc(N4C5CCC4C(=O)NC5)nc23)cn1. The Labute approximate surface area is 188 Å². The summed E-state index contributed by atoms with van der Waals surface area (Å²) in [4.78, 5) is 24.0. The van der Waals surface area contributed by atoms with Gasteiger partial charge in [0.1, 0.15) is 29.5 Å². The van der Waals surface area contributed by atoms with E-state index in [4.69, 9.17) is 14.8 Å². The Hall–Kier alpha value is -2.79. The second-order valence-corrected chi connectivity index (χ2v) is 15.5. The molecular weight excluding hydrogens is 424 g/mol. The first-order valence-corrected chi connectivity index (χ1v) is 14.9. The Bertz CT molecular complexity index is 1150. The number of rotatable bonds is 7. The molecule has 0 aromatic carbocycles. The fourth-order valence-electron chi connectivity index (χ4n) is 4.42. The van der Waals surface area contributed by atoms with Crippen LogP contribution in [0.5, 0.6) is 0 Å². The normalized spacial score (nSPS) is 20.9. The van der Waals surface area contributed by atoms with Crippen molar-refractivity contribution in [2.45, 2.75) is 57.3 Å². The number of anilines is 1. The molecule has 2 aliphatic heterocycles. The van der Waals surface area contributed by atoms with Gasteiger partial charge in [0.2, 0.25) is 11.9 Å². The fraction of sp³-hybridized carbons (Fsp3) is 0.571. The molecule has 5 rings (SSSR count). The number of amides is 1. The molecule has 1 N–H and O–H groups in total. The van der Waals surface area contributed by atoms with Crippen LogP contribution >= 0.6 is 0 Å². The lowest BCUT2D eigenvalue weighted by Crippen LogP contribution is -2.56. The molecular formula is C21H30N8O2Si. The van der Waals surface area contributed by atoms with Crippen molar-refractivity contribution in [1.82, 2.24) is 34.8 Å². The Balaban J connectivity index is 1.50. The lowest BCUT2D eigenvalue weighted by Gasteiger charge is -2.34. The maximum atomic E-state index is 12.4. The standard InChI is InChI=1S/C21H30N8O2Si/c1-27-12-14(9-24-27)18-19-17(28(26-18)13-31-7-8-32(2,3)4)11-23-21(25-19)29-15-5-6-16(29)20(30)22-10-15/h9,11-12,15-16H,5-8,10,13H2,1-4H3,(H,22,30). The van der Waals surface area contributed by atoms with Crippen molar-refractivity contribution in [3.05, 3.63) is 18.6 Å². The average Bonchev–Trinajstić information content (AvgIpc) is 3.42. The van der Waals surface area contributed by atoms with E-state index in [0.717, 1.165) is 41.2 Å². The maximum Gasteiger partial charge on any atom is 0.242 e.